The minimum atomic E-state index is -0.974. The first-order valence-electron chi connectivity index (χ1n) is 13.1. The molecule has 0 radical (unpaired) electrons. The van der Waals surface area contributed by atoms with E-state index >= 15 is 0 Å². The van der Waals surface area contributed by atoms with Crippen molar-refractivity contribution in [2.75, 3.05) is 6.61 Å². The highest BCUT2D eigenvalue weighted by molar-refractivity contribution is 6.14. The summed E-state index contributed by atoms with van der Waals surface area (Å²) in [6, 6.07) is 14.2. The van der Waals surface area contributed by atoms with Gasteiger partial charge in [-0.1, -0.05) is 30.8 Å². The van der Waals surface area contributed by atoms with Gasteiger partial charge in [-0.2, -0.15) is 0 Å². The molecule has 0 aliphatic heterocycles. The van der Waals surface area contributed by atoms with E-state index in [0.717, 1.165) is 35.5 Å². The van der Waals surface area contributed by atoms with Crippen LogP contribution < -0.4 is 10.2 Å². The Hall–Kier alpha value is -3.12. The normalized spacial score (nSPS) is 26.0. The summed E-state index contributed by atoms with van der Waals surface area (Å²) >= 11 is 0. The summed E-state index contributed by atoms with van der Waals surface area (Å²) in [5.41, 5.74) is 6.19. The number of hydroxylamine groups is 1. The molecule has 6 nitrogen and oxygen atoms in total. The minimum absolute atomic E-state index is 0.120. The minimum Gasteiger partial charge on any atom is -0.494 e. The molecule has 0 spiro atoms. The Morgan fingerprint density at radius 3 is 2.19 bits per heavy atom. The zero-order chi connectivity index (χ0) is 25.3. The van der Waals surface area contributed by atoms with Crippen LogP contribution in [0.15, 0.2) is 49.0 Å². The van der Waals surface area contributed by atoms with E-state index < -0.39 is 5.97 Å². The second-order valence-electron chi connectivity index (χ2n) is 11.1. The molecule has 4 saturated carbocycles. The van der Waals surface area contributed by atoms with Gasteiger partial charge in [-0.15, -0.1) is 0 Å². The highest BCUT2D eigenvalue weighted by Crippen LogP contribution is 2.62. The third-order valence-corrected chi connectivity index (χ3v) is 8.59. The molecule has 0 aromatic heterocycles. The summed E-state index contributed by atoms with van der Waals surface area (Å²) in [6.45, 7) is 4.33. The van der Waals surface area contributed by atoms with Crippen LogP contribution in [0.4, 0.5) is 0 Å². The topological polar surface area (TPSA) is 95.9 Å². The average molecular weight is 490 g/mol. The second kappa shape index (κ2) is 10.1. The summed E-state index contributed by atoms with van der Waals surface area (Å²) in [6.07, 6.45) is 9.30. The zero-order valence-corrected chi connectivity index (χ0v) is 20.7. The molecule has 0 unspecified atom stereocenters. The van der Waals surface area contributed by atoms with Crippen LogP contribution in [0.5, 0.6) is 5.75 Å². The standard InChI is InChI=1S/C30H35NO5/c1-19(29(33)34)24-7-10-26(23-5-8-25(9-6-23)36-11-3-2-4-28(32)31-35)27(15-24)30-16-20-12-21(17-30)14-22(13-20)18-30/h5-10,15,20-22,35H,1-4,11-14,16-18H2,(H,31,32)(H,33,34). The van der Waals surface area contributed by atoms with Crippen LogP contribution >= 0.6 is 0 Å². The number of hydrogen-bond donors (Lipinski definition) is 3. The van der Waals surface area contributed by atoms with Gasteiger partial charge in [0.05, 0.1) is 12.2 Å². The number of ether oxygens (including phenoxy) is 1. The smallest absolute Gasteiger partial charge is 0.335 e. The predicted octanol–water partition coefficient (Wildman–Crippen LogP) is 5.97. The quantitative estimate of drug-likeness (QED) is 0.165. The molecule has 0 saturated heterocycles. The summed E-state index contributed by atoms with van der Waals surface area (Å²) in [5.74, 6) is 1.78. The molecule has 4 bridgehead atoms. The third-order valence-electron chi connectivity index (χ3n) is 8.59. The van der Waals surface area contributed by atoms with E-state index in [0.29, 0.717) is 18.6 Å². The molecular weight excluding hydrogens is 454 g/mol. The van der Waals surface area contributed by atoms with Gasteiger partial charge < -0.3 is 9.84 Å². The van der Waals surface area contributed by atoms with Crippen molar-refractivity contribution in [2.45, 2.75) is 63.2 Å². The Morgan fingerprint density at radius 2 is 1.61 bits per heavy atom. The van der Waals surface area contributed by atoms with Crippen LogP contribution in [0, 0.1) is 17.8 Å². The number of unbranched alkanes of at least 4 members (excludes halogenated alkanes) is 1. The van der Waals surface area contributed by atoms with Crippen LogP contribution in [0.2, 0.25) is 0 Å². The number of benzene rings is 2. The first-order chi connectivity index (χ1) is 17.4. The van der Waals surface area contributed by atoms with E-state index in [4.69, 9.17) is 9.94 Å². The summed E-state index contributed by atoms with van der Waals surface area (Å²) in [5, 5.41) is 18.1. The lowest BCUT2D eigenvalue weighted by Gasteiger charge is -2.57. The lowest BCUT2D eigenvalue weighted by Crippen LogP contribution is -2.48. The highest BCUT2D eigenvalue weighted by Gasteiger charge is 2.52. The monoisotopic (exact) mass is 489 g/mol. The Morgan fingerprint density at radius 1 is 0.972 bits per heavy atom. The van der Waals surface area contributed by atoms with Gasteiger partial charge in [-0.25, -0.2) is 10.3 Å². The van der Waals surface area contributed by atoms with E-state index in [1.165, 1.54) is 49.7 Å². The maximum atomic E-state index is 11.7. The number of carboxylic acids is 1. The Kier molecular flexibility index (Phi) is 6.89. The number of carboxylic acid groups (broad SMARTS) is 1. The third kappa shape index (κ3) is 4.92. The fourth-order valence-electron chi connectivity index (χ4n) is 7.35. The molecule has 4 fully saturated rings. The van der Waals surface area contributed by atoms with E-state index in [9.17, 15) is 14.7 Å². The Bertz CT molecular complexity index is 1120. The SMILES string of the molecule is C=C(C(=O)O)c1ccc(-c2ccc(OCCCCC(=O)NO)cc2)c(C23CC4CC(CC(C4)C2)C3)c1. The predicted molar refractivity (Wildman–Crippen MR) is 138 cm³/mol. The van der Waals surface area contributed by atoms with Gasteiger partial charge in [0.15, 0.2) is 0 Å². The molecule has 4 aliphatic rings. The largest absolute Gasteiger partial charge is 0.494 e. The van der Waals surface area contributed by atoms with Crippen LogP contribution in [-0.4, -0.2) is 28.8 Å². The van der Waals surface area contributed by atoms with Gasteiger partial charge in [0.1, 0.15) is 5.75 Å². The molecule has 2 aromatic carbocycles. The van der Waals surface area contributed by atoms with Crippen LogP contribution in [0.25, 0.3) is 16.7 Å². The molecule has 3 N–H and O–H groups in total. The molecule has 36 heavy (non-hydrogen) atoms. The maximum absolute atomic E-state index is 11.7. The highest BCUT2D eigenvalue weighted by atomic mass is 16.5. The molecule has 0 atom stereocenters. The summed E-state index contributed by atoms with van der Waals surface area (Å²) in [4.78, 5) is 22.8. The second-order valence-corrected chi connectivity index (χ2v) is 11.1. The first-order valence-corrected chi connectivity index (χ1v) is 13.1. The summed E-state index contributed by atoms with van der Waals surface area (Å²) < 4.78 is 5.85. The van der Waals surface area contributed by atoms with Crippen molar-refractivity contribution in [3.05, 3.63) is 60.2 Å². The lowest BCUT2D eigenvalue weighted by molar-refractivity contribution is -0.130. The van der Waals surface area contributed by atoms with Gasteiger partial charge in [-0.05, 0) is 115 Å². The van der Waals surface area contributed by atoms with Gasteiger partial charge in [0.2, 0.25) is 5.91 Å². The summed E-state index contributed by atoms with van der Waals surface area (Å²) in [7, 11) is 0. The van der Waals surface area contributed by atoms with E-state index in [-0.39, 0.29) is 23.3 Å². The Balaban J connectivity index is 1.39. The molecule has 6 rings (SSSR count). The average Bonchev–Trinajstić information content (AvgIpc) is 2.87. The van der Waals surface area contributed by atoms with Crippen molar-refractivity contribution in [1.82, 2.24) is 5.48 Å². The zero-order valence-electron chi connectivity index (χ0n) is 20.7. The van der Waals surface area contributed by atoms with E-state index in [1.807, 2.05) is 18.2 Å². The van der Waals surface area contributed by atoms with Crippen LogP contribution in [0.3, 0.4) is 0 Å². The molecule has 4 aliphatic carbocycles. The number of aliphatic carboxylic acids is 1. The number of rotatable bonds is 10. The number of carbonyl (C=O) groups is 2. The van der Waals surface area contributed by atoms with Crippen molar-refractivity contribution < 1.29 is 24.6 Å². The van der Waals surface area contributed by atoms with Crippen molar-refractivity contribution in [2.24, 2.45) is 17.8 Å². The lowest BCUT2D eigenvalue weighted by atomic mass is 9.47. The van der Waals surface area contributed by atoms with E-state index in [1.54, 1.807) is 5.48 Å². The molecule has 190 valence electrons. The molecular formula is C30H35NO5. The van der Waals surface area contributed by atoms with Crippen LogP contribution in [-0.2, 0) is 15.0 Å². The fraction of sp³-hybridized carbons (Fsp3) is 0.467. The molecule has 0 heterocycles. The van der Waals surface area contributed by atoms with Crippen LogP contribution in [0.1, 0.15) is 68.9 Å². The number of amides is 1. The van der Waals surface area contributed by atoms with Gasteiger partial charge >= 0.3 is 5.97 Å². The van der Waals surface area contributed by atoms with Crippen molar-refractivity contribution in [1.29, 1.82) is 0 Å². The van der Waals surface area contributed by atoms with E-state index in [2.05, 4.69) is 30.8 Å². The van der Waals surface area contributed by atoms with Crippen molar-refractivity contribution in [3.63, 3.8) is 0 Å². The molecule has 2 aromatic rings. The van der Waals surface area contributed by atoms with Gasteiger partial charge in [0.25, 0.3) is 0 Å². The van der Waals surface area contributed by atoms with Gasteiger partial charge in [-0.3, -0.25) is 10.0 Å². The number of nitrogens with one attached hydrogen (secondary N) is 1. The number of hydrogen-bond acceptors (Lipinski definition) is 4. The first kappa shape index (κ1) is 24.6. The van der Waals surface area contributed by atoms with Crippen molar-refractivity contribution in [3.8, 4) is 16.9 Å². The molecule has 1 amide bonds. The fourth-order valence-corrected chi connectivity index (χ4v) is 7.35. The number of carbonyl (C=O) groups excluding carboxylic acids is 1. The van der Waals surface area contributed by atoms with Crippen molar-refractivity contribution >= 4 is 17.4 Å². The van der Waals surface area contributed by atoms with Gasteiger partial charge in [0, 0.05) is 6.42 Å². The Labute approximate surface area is 212 Å². The molecule has 6 heteroatoms. The maximum Gasteiger partial charge on any atom is 0.335 e.